The number of carbonyl (C=O) groups is 2. The molecule has 6 unspecified atom stereocenters. The molecule has 10 heteroatoms. The normalized spacial score (nSPS) is 24.9. The van der Waals surface area contributed by atoms with E-state index in [4.69, 9.17) is 0 Å². The third-order valence-corrected chi connectivity index (χ3v) is 10.8. The van der Waals surface area contributed by atoms with Gasteiger partial charge in [0.25, 0.3) is 5.91 Å². The molecule has 2 aliphatic rings. The second-order valence-electron chi connectivity index (χ2n) is 13.4. The van der Waals surface area contributed by atoms with E-state index in [2.05, 4.69) is 15.5 Å². The van der Waals surface area contributed by atoms with Crippen molar-refractivity contribution in [2.75, 3.05) is 19.3 Å². The first-order chi connectivity index (χ1) is 18.5. The molecular weight excluding hydrogens is 530 g/mol. The molecule has 1 saturated carbocycles. The van der Waals surface area contributed by atoms with E-state index in [0.29, 0.717) is 18.4 Å². The van der Waals surface area contributed by atoms with E-state index in [0.717, 1.165) is 37.5 Å². The van der Waals surface area contributed by atoms with Gasteiger partial charge in [0.05, 0.1) is 18.2 Å². The zero-order chi connectivity index (χ0) is 29.9. The first kappa shape index (κ1) is 32.5. The van der Waals surface area contributed by atoms with Crippen molar-refractivity contribution in [1.82, 2.24) is 15.5 Å². The third-order valence-electron chi connectivity index (χ3n) is 8.68. The van der Waals surface area contributed by atoms with Crippen LogP contribution in [0.1, 0.15) is 72.3 Å². The Morgan fingerprint density at radius 1 is 1.02 bits per heavy atom. The predicted octanol–water partition coefficient (Wildman–Crippen LogP) is 2.05. The van der Waals surface area contributed by atoms with Gasteiger partial charge in [-0.05, 0) is 71.3 Å². The highest BCUT2D eigenvalue weighted by Gasteiger charge is 2.44. The van der Waals surface area contributed by atoms with Gasteiger partial charge in [0.2, 0.25) is 5.91 Å². The van der Waals surface area contributed by atoms with Crippen molar-refractivity contribution >= 4 is 21.7 Å². The number of amides is 2. The molecule has 0 aromatic heterocycles. The molecule has 40 heavy (non-hydrogen) atoms. The van der Waals surface area contributed by atoms with E-state index in [1.807, 2.05) is 51.1 Å². The number of sulfone groups is 1. The molecule has 1 aliphatic heterocycles. The number of aliphatic hydroxyl groups excluding tert-OH is 2. The van der Waals surface area contributed by atoms with Crippen LogP contribution in [-0.2, 0) is 25.8 Å². The molecule has 1 aliphatic carbocycles. The fourth-order valence-electron chi connectivity index (χ4n) is 5.93. The van der Waals surface area contributed by atoms with Gasteiger partial charge in [0.1, 0.15) is 4.75 Å². The van der Waals surface area contributed by atoms with Gasteiger partial charge in [0.15, 0.2) is 15.9 Å². The van der Waals surface area contributed by atoms with E-state index in [1.165, 1.54) is 20.3 Å². The fourth-order valence-corrected chi connectivity index (χ4v) is 6.44. The number of benzene rings is 1. The van der Waals surface area contributed by atoms with Crippen molar-refractivity contribution in [2.45, 2.75) is 108 Å². The zero-order valence-corrected chi connectivity index (χ0v) is 25.7. The molecular formula is C30H49N3O6S. The number of carbonyl (C=O) groups excluding carboxylic acids is 2. The van der Waals surface area contributed by atoms with Crippen LogP contribution in [0.2, 0.25) is 0 Å². The molecule has 6 atom stereocenters. The highest BCUT2D eigenvalue weighted by atomic mass is 32.2. The van der Waals surface area contributed by atoms with Gasteiger partial charge >= 0.3 is 0 Å². The smallest absolute Gasteiger partial charge is 0.250 e. The molecule has 1 aromatic carbocycles. The number of aliphatic hydroxyl groups is 2. The predicted molar refractivity (Wildman–Crippen MR) is 156 cm³/mol. The number of likely N-dealkylation sites (tertiary alicyclic amines) is 1. The van der Waals surface area contributed by atoms with Crippen LogP contribution < -0.4 is 10.6 Å². The minimum Gasteiger partial charge on any atom is -0.390 e. The summed E-state index contributed by atoms with van der Waals surface area (Å²) in [6.45, 7) is 9.32. The van der Waals surface area contributed by atoms with Crippen molar-refractivity contribution in [3.8, 4) is 0 Å². The molecule has 3 rings (SSSR count). The summed E-state index contributed by atoms with van der Waals surface area (Å²) in [6, 6.07) is 8.17. The molecule has 1 aromatic rings. The lowest BCUT2D eigenvalue weighted by Gasteiger charge is -2.47. The Bertz CT molecular complexity index is 1120. The highest BCUT2D eigenvalue weighted by Crippen LogP contribution is 2.39. The summed E-state index contributed by atoms with van der Waals surface area (Å²) < 4.78 is 22.8. The molecule has 2 fully saturated rings. The maximum atomic E-state index is 13.4. The van der Waals surface area contributed by atoms with Crippen molar-refractivity contribution in [1.29, 1.82) is 0 Å². The number of nitrogens with zero attached hydrogens (tertiary/aromatic N) is 1. The monoisotopic (exact) mass is 579 g/mol. The maximum Gasteiger partial charge on any atom is 0.250 e. The average molecular weight is 580 g/mol. The van der Waals surface area contributed by atoms with E-state index >= 15 is 0 Å². The Morgan fingerprint density at radius 2 is 1.62 bits per heavy atom. The van der Waals surface area contributed by atoms with Crippen LogP contribution in [-0.4, -0.2) is 89.3 Å². The summed E-state index contributed by atoms with van der Waals surface area (Å²) in [6.07, 6.45) is 3.65. The Morgan fingerprint density at radius 3 is 2.20 bits per heavy atom. The fraction of sp³-hybridized carbons (Fsp3) is 0.733. The summed E-state index contributed by atoms with van der Waals surface area (Å²) in [7, 11) is -3.75. The van der Waals surface area contributed by atoms with E-state index < -0.39 is 50.3 Å². The largest absolute Gasteiger partial charge is 0.390 e. The van der Waals surface area contributed by atoms with Gasteiger partial charge in [0, 0.05) is 24.9 Å². The second kappa shape index (κ2) is 12.9. The quantitative estimate of drug-likeness (QED) is 0.333. The Hall–Kier alpha value is -2.01. The number of fused-ring (bicyclic) bond motifs is 1. The van der Waals surface area contributed by atoms with E-state index in [9.17, 15) is 28.2 Å². The molecule has 9 nitrogen and oxygen atoms in total. The molecule has 0 radical (unpaired) electrons. The van der Waals surface area contributed by atoms with Crippen LogP contribution in [0.5, 0.6) is 0 Å². The van der Waals surface area contributed by atoms with E-state index in [1.54, 1.807) is 0 Å². The Balaban J connectivity index is 1.84. The lowest BCUT2D eigenvalue weighted by molar-refractivity contribution is -0.135. The SMILES string of the molecule is CC(C)(C)NC(=O)C1CC2CCCCC2CN1CC(O)C(Cc1ccccc1)NC(=O)C(O)C(C)(C)S(C)(=O)=O. The second-order valence-corrected chi connectivity index (χ2v) is 16.0. The minimum absolute atomic E-state index is 0.0577. The summed E-state index contributed by atoms with van der Waals surface area (Å²) in [4.78, 5) is 28.6. The highest BCUT2D eigenvalue weighted by molar-refractivity contribution is 7.92. The summed E-state index contributed by atoms with van der Waals surface area (Å²) in [5.41, 5.74) is 0.480. The third kappa shape index (κ3) is 8.27. The zero-order valence-electron chi connectivity index (χ0n) is 24.9. The van der Waals surface area contributed by atoms with Crippen molar-refractivity contribution < 1.29 is 28.2 Å². The summed E-state index contributed by atoms with van der Waals surface area (Å²) in [5.74, 6) is 0.0198. The van der Waals surface area contributed by atoms with Crippen LogP contribution in [0, 0.1) is 11.8 Å². The van der Waals surface area contributed by atoms with Crippen LogP contribution in [0.25, 0.3) is 0 Å². The first-order valence-electron chi connectivity index (χ1n) is 14.5. The maximum absolute atomic E-state index is 13.4. The lowest BCUT2D eigenvalue weighted by atomic mass is 9.72. The van der Waals surface area contributed by atoms with E-state index in [-0.39, 0.29) is 18.9 Å². The van der Waals surface area contributed by atoms with Gasteiger partial charge in [-0.3, -0.25) is 14.5 Å². The van der Waals surface area contributed by atoms with Crippen LogP contribution in [0.15, 0.2) is 30.3 Å². The number of rotatable bonds is 10. The first-order valence-corrected chi connectivity index (χ1v) is 16.3. The molecule has 2 amide bonds. The van der Waals surface area contributed by atoms with Crippen LogP contribution >= 0.6 is 0 Å². The van der Waals surface area contributed by atoms with Crippen molar-refractivity contribution in [3.05, 3.63) is 35.9 Å². The standard InChI is InChI=1S/C30H49N3O6S/c1-29(2,3)32-27(36)24-17-21-14-10-11-15-22(21)18-33(24)19-25(34)23(16-20-12-8-7-9-13-20)31-28(37)26(35)30(4,5)40(6,38)39/h7-9,12-13,21-26,34-35H,10-11,14-19H2,1-6H3,(H,31,37)(H,32,36). The number of β-amino-alcohol motifs (C(OH)–C–C–N with tert-alkyl or cyclic N) is 1. The lowest BCUT2D eigenvalue weighted by Crippen LogP contribution is -2.61. The van der Waals surface area contributed by atoms with Crippen LogP contribution in [0.4, 0.5) is 0 Å². The number of nitrogens with one attached hydrogen (secondary N) is 2. The van der Waals surface area contributed by atoms with Gasteiger partial charge in [-0.15, -0.1) is 0 Å². The molecule has 4 N–H and O–H groups in total. The summed E-state index contributed by atoms with van der Waals surface area (Å²) in [5, 5.41) is 28.1. The minimum atomic E-state index is -3.75. The molecule has 1 heterocycles. The van der Waals surface area contributed by atoms with Crippen LogP contribution in [0.3, 0.4) is 0 Å². The molecule has 226 valence electrons. The van der Waals surface area contributed by atoms with Crippen molar-refractivity contribution in [3.63, 3.8) is 0 Å². The average Bonchev–Trinajstić information content (AvgIpc) is 2.86. The van der Waals surface area contributed by atoms with Gasteiger partial charge in [-0.1, -0.05) is 49.6 Å². The number of hydrogen-bond donors (Lipinski definition) is 4. The van der Waals surface area contributed by atoms with Gasteiger partial charge < -0.3 is 20.8 Å². The molecule has 0 bridgehead atoms. The molecule has 1 saturated heterocycles. The Labute approximate surface area is 240 Å². The molecule has 0 spiro atoms. The van der Waals surface area contributed by atoms with Gasteiger partial charge in [-0.2, -0.15) is 0 Å². The topological polar surface area (TPSA) is 136 Å². The number of hydrogen-bond acceptors (Lipinski definition) is 7. The number of piperidine rings is 1. The Kier molecular flexibility index (Phi) is 10.5. The van der Waals surface area contributed by atoms with Gasteiger partial charge in [-0.25, -0.2) is 8.42 Å². The summed E-state index contributed by atoms with van der Waals surface area (Å²) >= 11 is 0. The van der Waals surface area contributed by atoms with Crippen molar-refractivity contribution in [2.24, 2.45) is 11.8 Å².